The van der Waals surface area contributed by atoms with Gasteiger partial charge in [-0.05, 0) is 57.8 Å². The molecule has 74 heavy (non-hydrogen) atoms. The summed E-state index contributed by atoms with van der Waals surface area (Å²) >= 11 is 0. The highest BCUT2D eigenvalue weighted by Gasteiger charge is 2.44. The first-order chi connectivity index (χ1) is 36.2. The molecule has 6 N–H and O–H groups in total. The number of carbonyl (C=O) groups is 2. The predicted molar refractivity (Wildman–Crippen MR) is 306 cm³/mol. The molecule has 0 bridgehead atoms. The van der Waals surface area contributed by atoms with Crippen LogP contribution in [0.1, 0.15) is 303 Å². The maximum Gasteiger partial charge on any atom is 0.305 e. The van der Waals surface area contributed by atoms with Crippen molar-refractivity contribution >= 4 is 11.9 Å². The van der Waals surface area contributed by atoms with Crippen molar-refractivity contribution in [3.63, 3.8) is 0 Å². The molecule has 1 fully saturated rings. The number of hydrogen-bond acceptors (Lipinski definition) is 10. The van der Waals surface area contributed by atoms with Crippen molar-refractivity contribution in [2.45, 2.75) is 346 Å². The molecule has 0 aliphatic carbocycles. The highest BCUT2D eigenvalue weighted by molar-refractivity contribution is 5.76. The third kappa shape index (κ3) is 42.2. The minimum Gasteiger partial charge on any atom is -0.466 e. The third-order valence-electron chi connectivity index (χ3n) is 15.1. The number of nitrogens with one attached hydrogen (secondary N) is 1. The Labute approximate surface area is 454 Å². The molecule has 0 aromatic rings. The molecule has 1 aliphatic rings. The van der Waals surface area contributed by atoms with Gasteiger partial charge in [0.05, 0.1) is 32.0 Å². The lowest BCUT2D eigenvalue weighted by atomic mass is 9.99. The van der Waals surface area contributed by atoms with Gasteiger partial charge >= 0.3 is 5.97 Å². The first-order valence-corrected chi connectivity index (χ1v) is 31.6. The molecule has 7 unspecified atom stereocenters. The highest BCUT2D eigenvalue weighted by atomic mass is 16.7. The molecule has 1 amide bonds. The maximum atomic E-state index is 13.0. The van der Waals surface area contributed by atoms with Crippen molar-refractivity contribution in [3.05, 3.63) is 24.3 Å². The lowest BCUT2D eigenvalue weighted by Crippen LogP contribution is -2.60. The Morgan fingerprint density at radius 3 is 1.30 bits per heavy atom. The highest BCUT2D eigenvalue weighted by Crippen LogP contribution is 2.23. The summed E-state index contributed by atoms with van der Waals surface area (Å²) in [4.78, 5) is 25.1. The smallest absolute Gasteiger partial charge is 0.305 e. The fourth-order valence-corrected chi connectivity index (χ4v) is 10.0. The van der Waals surface area contributed by atoms with E-state index in [4.69, 9.17) is 14.2 Å². The van der Waals surface area contributed by atoms with Crippen molar-refractivity contribution < 1.29 is 49.3 Å². The van der Waals surface area contributed by atoms with E-state index >= 15 is 0 Å². The lowest BCUT2D eigenvalue weighted by Gasteiger charge is -2.40. The van der Waals surface area contributed by atoms with Gasteiger partial charge in [0.25, 0.3) is 0 Å². The molecule has 0 saturated carbocycles. The van der Waals surface area contributed by atoms with Crippen molar-refractivity contribution in [2.75, 3.05) is 19.8 Å². The summed E-state index contributed by atoms with van der Waals surface area (Å²) in [6, 6.07) is -0.812. The SMILES string of the molecule is CCCCCCCCC/C=C/C(O)C(COC1OC(CO)C(O)C(O)C1O)NC(=O)CCCCCCCCC/C=C\CCCCCCCCCCCCCCOC(=O)CCCCCCCCCCCCCCCC. The second kappa shape index (κ2) is 53.2. The number of ether oxygens (including phenoxy) is 3. The van der Waals surface area contributed by atoms with Gasteiger partial charge in [0.2, 0.25) is 5.91 Å². The molecule has 1 heterocycles. The Kier molecular flexibility index (Phi) is 50.4. The molecule has 11 heteroatoms. The number of amides is 1. The van der Waals surface area contributed by atoms with Crippen LogP contribution in [0.15, 0.2) is 24.3 Å². The monoisotopic (exact) mass is 1050 g/mol. The van der Waals surface area contributed by atoms with Gasteiger partial charge in [0.1, 0.15) is 24.4 Å². The molecule has 0 spiro atoms. The number of carbonyl (C=O) groups excluding carboxylic acids is 2. The van der Waals surface area contributed by atoms with Crippen LogP contribution in [0.25, 0.3) is 0 Å². The first kappa shape index (κ1) is 70.2. The quantitative estimate of drug-likeness (QED) is 0.0195. The minimum absolute atomic E-state index is 0.00213. The molecule has 0 radical (unpaired) electrons. The van der Waals surface area contributed by atoms with Crippen molar-refractivity contribution in [2.24, 2.45) is 0 Å². The largest absolute Gasteiger partial charge is 0.466 e. The number of aliphatic hydroxyl groups is 5. The third-order valence-corrected chi connectivity index (χ3v) is 15.1. The van der Waals surface area contributed by atoms with E-state index in [-0.39, 0.29) is 18.5 Å². The van der Waals surface area contributed by atoms with Gasteiger partial charge in [-0.25, -0.2) is 0 Å². The van der Waals surface area contributed by atoms with Gasteiger partial charge in [0, 0.05) is 12.8 Å². The lowest BCUT2D eigenvalue weighted by molar-refractivity contribution is -0.302. The average molecular weight is 1050 g/mol. The van der Waals surface area contributed by atoms with Crippen LogP contribution in [-0.4, -0.2) is 100 Å². The number of rotatable bonds is 55. The van der Waals surface area contributed by atoms with Gasteiger partial charge in [-0.15, -0.1) is 0 Å². The van der Waals surface area contributed by atoms with Crippen LogP contribution in [0.4, 0.5) is 0 Å². The first-order valence-electron chi connectivity index (χ1n) is 31.6. The minimum atomic E-state index is -1.57. The molecule has 1 aliphatic heterocycles. The standard InChI is InChI=1S/C63H119NO10/c1-3-5-7-9-11-13-14-15-28-31-35-39-43-47-51-59(68)72-52-48-44-40-36-32-29-26-24-22-20-18-16-17-19-21-23-25-27-30-34-38-42-46-50-58(67)64-55(56(66)49-45-41-37-33-12-10-8-6-4-2)54-73-63-62(71)61(70)60(69)57(53-65)74-63/h19,21,45,49,55-57,60-63,65-66,69-71H,3-18,20,22-44,46-48,50-54H2,1-2H3,(H,64,67)/b21-19-,49-45+. The van der Waals surface area contributed by atoms with Gasteiger partial charge in [-0.1, -0.05) is 256 Å². The molecule has 0 aromatic heterocycles. The van der Waals surface area contributed by atoms with Gasteiger partial charge < -0.3 is 45.1 Å². The van der Waals surface area contributed by atoms with Crippen LogP contribution < -0.4 is 5.32 Å². The zero-order valence-electron chi connectivity index (χ0n) is 48.1. The average Bonchev–Trinajstić information content (AvgIpc) is 3.40. The fraction of sp³-hybridized carbons (Fsp3) is 0.905. The van der Waals surface area contributed by atoms with Crippen LogP contribution >= 0.6 is 0 Å². The van der Waals surface area contributed by atoms with E-state index in [1.165, 1.54) is 205 Å². The van der Waals surface area contributed by atoms with Crippen molar-refractivity contribution in [3.8, 4) is 0 Å². The molecule has 436 valence electrons. The van der Waals surface area contributed by atoms with Crippen LogP contribution in [0.5, 0.6) is 0 Å². The Hall–Kier alpha value is -1.86. The maximum absolute atomic E-state index is 13.0. The fourth-order valence-electron chi connectivity index (χ4n) is 10.0. The summed E-state index contributed by atoms with van der Waals surface area (Å²) in [5.74, 6) is -0.187. The van der Waals surface area contributed by atoms with E-state index in [1.807, 2.05) is 6.08 Å². The molecule has 1 rings (SSSR count). The summed E-state index contributed by atoms with van der Waals surface area (Å²) in [5.41, 5.74) is 0. The Bertz CT molecular complexity index is 1280. The molecule has 1 saturated heterocycles. The number of unbranched alkanes of at least 4 members (excludes halogenated alkanes) is 39. The van der Waals surface area contributed by atoms with Gasteiger partial charge in [-0.3, -0.25) is 9.59 Å². The Morgan fingerprint density at radius 1 is 0.486 bits per heavy atom. The number of hydrogen-bond donors (Lipinski definition) is 6. The zero-order chi connectivity index (χ0) is 53.8. The predicted octanol–water partition coefficient (Wildman–Crippen LogP) is 14.9. The topological polar surface area (TPSA) is 175 Å². The Balaban J connectivity index is 1.99. The molecule has 11 nitrogen and oxygen atoms in total. The second-order valence-electron chi connectivity index (χ2n) is 22.1. The van der Waals surface area contributed by atoms with Crippen LogP contribution in [0.3, 0.4) is 0 Å². The summed E-state index contributed by atoms with van der Waals surface area (Å²) < 4.78 is 16.7. The van der Waals surface area contributed by atoms with Crippen molar-refractivity contribution in [1.29, 1.82) is 0 Å². The summed E-state index contributed by atoms with van der Waals surface area (Å²) in [6.45, 7) is 4.33. The summed E-state index contributed by atoms with van der Waals surface area (Å²) in [7, 11) is 0. The molecular formula is C63H119NO10. The molecule has 7 atom stereocenters. The number of esters is 1. The second-order valence-corrected chi connectivity index (χ2v) is 22.1. The zero-order valence-corrected chi connectivity index (χ0v) is 48.1. The van der Waals surface area contributed by atoms with E-state index in [0.717, 1.165) is 70.6 Å². The number of allylic oxidation sites excluding steroid dienone is 3. The Morgan fingerprint density at radius 2 is 0.865 bits per heavy atom. The van der Waals surface area contributed by atoms with E-state index in [2.05, 4.69) is 31.3 Å². The van der Waals surface area contributed by atoms with Crippen LogP contribution in [0.2, 0.25) is 0 Å². The number of aliphatic hydroxyl groups excluding tert-OH is 5. The summed E-state index contributed by atoms with van der Waals surface area (Å²) in [5, 5.41) is 54.2. The van der Waals surface area contributed by atoms with E-state index < -0.39 is 49.5 Å². The normalized spacial score (nSPS) is 18.9. The molecule has 0 aromatic carbocycles. The van der Waals surface area contributed by atoms with E-state index in [9.17, 15) is 35.1 Å². The van der Waals surface area contributed by atoms with E-state index in [0.29, 0.717) is 19.4 Å². The van der Waals surface area contributed by atoms with Crippen molar-refractivity contribution in [1.82, 2.24) is 5.32 Å². The van der Waals surface area contributed by atoms with Crippen LogP contribution in [-0.2, 0) is 23.8 Å². The van der Waals surface area contributed by atoms with Gasteiger partial charge in [0.15, 0.2) is 6.29 Å². The van der Waals surface area contributed by atoms with Gasteiger partial charge in [-0.2, -0.15) is 0 Å². The summed E-state index contributed by atoms with van der Waals surface area (Å²) in [6.07, 6.45) is 54.4. The molecular weight excluding hydrogens is 931 g/mol. The van der Waals surface area contributed by atoms with E-state index in [1.54, 1.807) is 6.08 Å². The van der Waals surface area contributed by atoms with Crippen LogP contribution in [0, 0.1) is 0 Å².